The Kier molecular flexibility index (Phi) is 3.48. The maximum Gasteiger partial charge on any atom is 0.319 e. The van der Waals surface area contributed by atoms with Crippen LogP contribution in [0.25, 0.3) is 0 Å². The summed E-state index contributed by atoms with van der Waals surface area (Å²) in [7, 11) is 0. The fourth-order valence-corrected chi connectivity index (χ4v) is 1.98. The van der Waals surface area contributed by atoms with Gasteiger partial charge in [-0.15, -0.1) is 0 Å². The molecule has 19 heavy (non-hydrogen) atoms. The molecular weight excluding hydrogens is 251 g/mol. The third-order valence-electron chi connectivity index (χ3n) is 2.85. The van der Waals surface area contributed by atoms with Crippen molar-refractivity contribution < 1.29 is 14.0 Å². The largest absolute Gasteiger partial charge is 0.327 e. The highest BCUT2D eigenvalue weighted by molar-refractivity contribution is 5.98. The van der Waals surface area contributed by atoms with Crippen LogP contribution in [-0.2, 0) is 4.79 Å². The molecule has 0 radical (unpaired) electrons. The number of nitrogens with two attached hydrogens (primary N) is 1. The van der Waals surface area contributed by atoms with Gasteiger partial charge < -0.3 is 10.6 Å². The Balaban J connectivity index is 2.46. The highest BCUT2D eigenvalue weighted by Crippen LogP contribution is 2.26. The van der Waals surface area contributed by atoms with Crippen LogP contribution < -0.4 is 21.9 Å². The third-order valence-corrected chi connectivity index (χ3v) is 2.85. The van der Waals surface area contributed by atoms with Crippen LogP contribution >= 0.6 is 0 Å². The highest BCUT2D eigenvalue weighted by atomic mass is 19.1. The van der Waals surface area contributed by atoms with Crippen LogP contribution in [0.3, 0.4) is 0 Å². The van der Waals surface area contributed by atoms with Gasteiger partial charge in [-0.2, -0.15) is 0 Å². The normalized spacial score (nSPS) is 18.7. The zero-order chi connectivity index (χ0) is 14.0. The van der Waals surface area contributed by atoms with Crippen molar-refractivity contribution in [3.63, 3.8) is 0 Å². The fraction of sp³-hybridized carbons (Fsp3) is 0.167. The predicted molar refractivity (Wildman–Crippen MR) is 65.8 cm³/mol. The Morgan fingerprint density at radius 2 is 2.00 bits per heavy atom. The van der Waals surface area contributed by atoms with Gasteiger partial charge in [0.15, 0.2) is 0 Å². The quantitative estimate of drug-likeness (QED) is 0.354. The number of amides is 3. The smallest absolute Gasteiger partial charge is 0.319 e. The number of benzene rings is 1. The number of halogens is 1. The first-order valence-electron chi connectivity index (χ1n) is 5.57. The minimum Gasteiger partial charge on any atom is -0.327 e. The number of urea groups is 1. The lowest BCUT2D eigenvalue weighted by Gasteiger charge is -2.28. The van der Waals surface area contributed by atoms with E-state index in [0.717, 1.165) is 0 Å². The standard InChI is InChI=1S/C12H13FN4O2/c1-6-9(11(18)17-14)10(16-12(19)15-6)7-2-4-8(13)5-3-7/h2-5,10H,14H2,1H3,(H,17,18)(H2,15,16,19)/t10-/m1/s1. The van der Waals surface area contributed by atoms with Crippen molar-refractivity contribution in [3.05, 3.63) is 46.9 Å². The van der Waals surface area contributed by atoms with Crippen molar-refractivity contribution in [2.45, 2.75) is 13.0 Å². The summed E-state index contributed by atoms with van der Waals surface area (Å²) in [6.07, 6.45) is 0. The fourth-order valence-electron chi connectivity index (χ4n) is 1.98. The molecule has 0 fully saturated rings. The Hall–Kier alpha value is -2.41. The minimum atomic E-state index is -0.669. The molecule has 0 aliphatic carbocycles. The molecule has 3 amide bonds. The summed E-state index contributed by atoms with van der Waals surface area (Å²) < 4.78 is 12.9. The molecule has 1 heterocycles. The molecule has 0 bridgehead atoms. The van der Waals surface area contributed by atoms with E-state index < -0.39 is 23.8 Å². The number of allylic oxidation sites excluding steroid dienone is 1. The van der Waals surface area contributed by atoms with Crippen LogP contribution in [0.15, 0.2) is 35.5 Å². The van der Waals surface area contributed by atoms with Gasteiger partial charge in [0.1, 0.15) is 5.82 Å². The van der Waals surface area contributed by atoms with Crippen LogP contribution in [0.4, 0.5) is 9.18 Å². The molecule has 1 atom stereocenters. The van der Waals surface area contributed by atoms with E-state index in [2.05, 4.69) is 10.6 Å². The van der Waals surface area contributed by atoms with Gasteiger partial charge in [-0.25, -0.2) is 15.0 Å². The van der Waals surface area contributed by atoms with Crippen molar-refractivity contribution in [3.8, 4) is 0 Å². The van der Waals surface area contributed by atoms with Gasteiger partial charge in [0.2, 0.25) is 0 Å². The van der Waals surface area contributed by atoms with E-state index in [1.807, 2.05) is 5.43 Å². The maximum atomic E-state index is 12.9. The Morgan fingerprint density at radius 3 is 2.58 bits per heavy atom. The molecule has 0 saturated heterocycles. The van der Waals surface area contributed by atoms with Crippen molar-refractivity contribution >= 4 is 11.9 Å². The SMILES string of the molecule is CC1=C(C(=O)NN)[C@@H](c2ccc(F)cc2)NC(=O)N1. The third kappa shape index (κ3) is 2.55. The van der Waals surface area contributed by atoms with Crippen molar-refractivity contribution in [2.75, 3.05) is 0 Å². The van der Waals surface area contributed by atoms with Gasteiger partial charge in [0, 0.05) is 5.70 Å². The first-order valence-corrected chi connectivity index (χ1v) is 5.57. The molecule has 100 valence electrons. The maximum absolute atomic E-state index is 12.9. The number of hydrogen-bond acceptors (Lipinski definition) is 3. The molecule has 0 unspecified atom stereocenters. The van der Waals surface area contributed by atoms with Gasteiger partial charge in [-0.05, 0) is 24.6 Å². The summed E-state index contributed by atoms with van der Waals surface area (Å²) in [6.45, 7) is 1.60. The van der Waals surface area contributed by atoms with E-state index in [4.69, 9.17) is 5.84 Å². The van der Waals surface area contributed by atoms with Crippen LogP contribution in [0.5, 0.6) is 0 Å². The molecule has 2 rings (SSSR count). The average molecular weight is 264 g/mol. The van der Waals surface area contributed by atoms with E-state index in [1.165, 1.54) is 24.3 Å². The van der Waals surface area contributed by atoms with Crippen LogP contribution in [0.2, 0.25) is 0 Å². The molecule has 1 aromatic rings. The molecule has 0 saturated carbocycles. The van der Waals surface area contributed by atoms with Crippen molar-refractivity contribution in [1.82, 2.24) is 16.1 Å². The van der Waals surface area contributed by atoms with Gasteiger partial charge in [-0.3, -0.25) is 10.2 Å². The highest BCUT2D eigenvalue weighted by Gasteiger charge is 2.30. The van der Waals surface area contributed by atoms with Crippen LogP contribution in [0.1, 0.15) is 18.5 Å². The molecule has 7 heteroatoms. The number of hydrogen-bond donors (Lipinski definition) is 4. The second-order valence-corrected chi connectivity index (χ2v) is 4.10. The van der Waals surface area contributed by atoms with Crippen LogP contribution in [0, 0.1) is 5.82 Å². The molecular formula is C12H13FN4O2. The zero-order valence-electron chi connectivity index (χ0n) is 10.2. The lowest BCUT2D eigenvalue weighted by atomic mass is 9.95. The first-order chi connectivity index (χ1) is 9.02. The summed E-state index contributed by atoms with van der Waals surface area (Å²) >= 11 is 0. The first kappa shape index (κ1) is 13.0. The number of rotatable bonds is 2. The molecule has 6 nitrogen and oxygen atoms in total. The van der Waals surface area contributed by atoms with Gasteiger partial charge in [0.25, 0.3) is 5.91 Å². The van der Waals surface area contributed by atoms with Gasteiger partial charge in [-0.1, -0.05) is 12.1 Å². The van der Waals surface area contributed by atoms with E-state index in [0.29, 0.717) is 11.3 Å². The number of hydrazine groups is 1. The zero-order valence-corrected chi connectivity index (χ0v) is 10.2. The van der Waals surface area contributed by atoms with Gasteiger partial charge in [0.05, 0.1) is 11.6 Å². The molecule has 5 N–H and O–H groups in total. The summed E-state index contributed by atoms with van der Waals surface area (Å²) in [4.78, 5) is 23.3. The summed E-state index contributed by atoms with van der Waals surface area (Å²) in [5.74, 6) is 4.22. The molecule has 0 spiro atoms. The summed E-state index contributed by atoms with van der Waals surface area (Å²) in [6, 6.07) is 4.43. The minimum absolute atomic E-state index is 0.286. The van der Waals surface area contributed by atoms with Crippen molar-refractivity contribution in [1.29, 1.82) is 0 Å². The monoisotopic (exact) mass is 264 g/mol. The van der Waals surface area contributed by atoms with E-state index >= 15 is 0 Å². The molecule has 0 aromatic heterocycles. The lowest BCUT2D eigenvalue weighted by molar-refractivity contribution is -0.118. The average Bonchev–Trinajstić information content (AvgIpc) is 2.38. The van der Waals surface area contributed by atoms with E-state index in [1.54, 1.807) is 6.92 Å². The summed E-state index contributed by atoms with van der Waals surface area (Å²) in [5, 5.41) is 5.10. The Bertz CT molecular complexity index is 553. The predicted octanol–water partition coefficient (Wildman–Crippen LogP) is 0.443. The number of nitrogens with one attached hydrogen (secondary N) is 3. The second-order valence-electron chi connectivity index (χ2n) is 4.10. The number of carbonyl (C=O) groups is 2. The van der Waals surface area contributed by atoms with E-state index in [-0.39, 0.29) is 5.57 Å². The lowest BCUT2D eigenvalue weighted by Crippen LogP contribution is -2.47. The molecule has 1 aromatic carbocycles. The number of carbonyl (C=O) groups excluding carboxylic acids is 2. The molecule has 1 aliphatic rings. The van der Waals surface area contributed by atoms with Crippen molar-refractivity contribution in [2.24, 2.45) is 5.84 Å². The molecule has 1 aliphatic heterocycles. The second kappa shape index (κ2) is 5.07. The van der Waals surface area contributed by atoms with E-state index in [9.17, 15) is 14.0 Å². The van der Waals surface area contributed by atoms with Gasteiger partial charge >= 0.3 is 6.03 Å². The Labute approximate surface area is 108 Å². The van der Waals surface area contributed by atoms with Crippen LogP contribution in [-0.4, -0.2) is 11.9 Å². The Morgan fingerprint density at radius 1 is 1.37 bits per heavy atom. The topological polar surface area (TPSA) is 96.2 Å². The summed E-state index contributed by atoms with van der Waals surface area (Å²) in [5.41, 5.74) is 3.31.